The van der Waals surface area contributed by atoms with Gasteiger partial charge in [-0.1, -0.05) is 375 Å². The molecule has 0 saturated carbocycles. The minimum absolute atomic E-state index is 0.857. The van der Waals surface area contributed by atoms with E-state index in [-0.39, 0.29) is 0 Å². The molecule has 0 aliphatic carbocycles. The molecule has 5 nitrogen and oxygen atoms in total. The van der Waals surface area contributed by atoms with Gasteiger partial charge in [-0.3, -0.25) is 0 Å². The number of para-hydroxylation sites is 6. The Morgan fingerprint density at radius 3 is 0.826 bits per heavy atom. The molecule has 0 radical (unpaired) electrons. The third-order valence-corrected chi connectivity index (χ3v) is 22.0. The second kappa shape index (κ2) is 38.6. The molecule has 19 aromatic rings. The van der Waals surface area contributed by atoms with Crippen molar-refractivity contribution in [1.82, 2.24) is 0 Å². The van der Waals surface area contributed by atoms with E-state index in [1.807, 2.05) is 84.9 Å². The zero-order valence-corrected chi connectivity index (χ0v) is 71.8. The van der Waals surface area contributed by atoms with E-state index in [0.717, 1.165) is 124 Å². The Bertz CT molecular complexity index is 6160. The molecule has 0 spiro atoms. The van der Waals surface area contributed by atoms with Crippen LogP contribution in [0.5, 0.6) is 0 Å². The van der Waals surface area contributed by atoms with Crippen LogP contribution in [0.4, 0.5) is 51.2 Å². The van der Waals surface area contributed by atoms with Gasteiger partial charge in [0.1, 0.15) is 22.3 Å². The molecule has 0 fully saturated rings. The maximum Gasteiger partial charge on any atom is 0.137 e. The highest BCUT2D eigenvalue weighted by Gasteiger charge is 2.21. The molecule has 19 rings (SSSR count). The number of rotatable bonds is 15. The molecule has 115 heavy (non-hydrogen) atoms. The molecule has 0 aliphatic heterocycles. The molecule has 0 saturated heterocycles. The average molecular weight is 1880 g/mol. The van der Waals surface area contributed by atoms with Gasteiger partial charge in [0.15, 0.2) is 0 Å². The largest absolute Gasteiger partial charge is 0.456 e. The van der Waals surface area contributed by atoms with E-state index < -0.39 is 0 Å². The lowest BCUT2D eigenvalue weighted by molar-refractivity contribution is 0.668. The van der Waals surface area contributed by atoms with Crippen LogP contribution in [-0.4, -0.2) is 0 Å². The van der Waals surface area contributed by atoms with Crippen molar-refractivity contribution in [2.45, 2.75) is 12.8 Å². The highest BCUT2D eigenvalue weighted by atomic mass is 79.9. The van der Waals surface area contributed by atoms with E-state index in [0.29, 0.717) is 0 Å². The van der Waals surface area contributed by atoms with Gasteiger partial charge in [-0.25, -0.2) is 0 Å². The van der Waals surface area contributed by atoms with Crippen molar-refractivity contribution in [3.8, 4) is 22.3 Å². The van der Waals surface area contributed by atoms with Gasteiger partial charge in [0.25, 0.3) is 0 Å². The molecular weight excluding hydrogens is 1800 g/mol. The van der Waals surface area contributed by atoms with Gasteiger partial charge in [0.2, 0.25) is 0 Å². The summed E-state index contributed by atoms with van der Waals surface area (Å²) in [6.45, 7) is 0. The van der Waals surface area contributed by atoms with Crippen molar-refractivity contribution >= 4 is 191 Å². The minimum Gasteiger partial charge on any atom is -0.456 e. The lowest BCUT2D eigenvalue weighted by atomic mass is 10.00. The Kier molecular flexibility index (Phi) is 26.5. The van der Waals surface area contributed by atoms with Gasteiger partial charge < -0.3 is 23.5 Å². The van der Waals surface area contributed by atoms with E-state index in [1.54, 1.807) is 0 Å². The molecule has 0 amide bonds. The number of halogens is 6. The monoisotopic (exact) mass is 1870 g/mol. The van der Waals surface area contributed by atoms with Crippen molar-refractivity contribution < 1.29 is 8.83 Å². The predicted octanol–water partition coefficient (Wildman–Crippen LogP) is 33.7. The lowest BCUT2D eigenvalue weighted by Crippen LogP contribution is -2.13. The van der Waals surface area contributed by atoms with Crippen LogP contribution in [0.25, 0.3) is 66.1 Å². The molecule has 2 aromatic heterocycles. The van der Waals surface area contributed by atoms with Gasteiger partial charge in [-0.2, -0.15) is 0 Å². The minimum atomic E-state index is 0.857. The van der Waals surface area contributed by atoms with Gasteiger partial charge in [0, 0.05) is 106 Å². The first-order chi connectivity index (χ1) is 56.4. The van der Waals surface area contributed by atoms with Crippen molar-refractivity contribution in [1.29, 1.82) is 0 Å². The van der Waals surface area contributed by atoms with Gasteiger partial charge in [-0.15, -0.1) is 0 Å². The number of anilines is 9. The standard InChI is InChI=1S/C42H29BrN2O.C25H18O.C18H13Br2N.C13H12.C6H3Br3/c43-32-26-37(44(33-14-6-2-7-15-33)34-16-8-3-9-17-34)28-38(27-32)45(35-22-20-31(21-23-35)30-12-4-1-5-13-30)36-24-25-40-39-18-10-11-19-41(39)46-42(40)29-36;1-2-6-20(7-3-1)21-13-10-18(11-14-21)16-19-12-15-23-22-8-4-5-9-24(22)26-25(23)17-19;19-14-11-15(20)13-18(12-14)21(16-7-3-1-4-8-16)17-9-5-2-6-10-17;1-3-7-12(8-4-1)11-13-9-5-2-6-10-13;7-4-1-5(8)3-6(9)2-4/h1-29H;1-15,17H,16H2;1-13H;1-10H,11H2;1-3H. The Labute approximate surface area is 722 Å². The van der Waals surface area contributed by atoms with Crippen molar-refractivity contribution in [3.05, 3.63) is 480 Å². The lowest BCUT2D eigenvalue weighted by Gasteiger charge is -2.30. The van der Waals surface area contributed by atoms with E-state index in [4.69, 9.17) is 8.83 Å². The highest BCUT2D eigenvalue weighted by molar-refractivity contribution is 9.12. The van der Waals surface area contributed by atoms with Crippen molar-refractivity contribution in [2.75, 3.05) is 14.7 Å². The molecule has 0 aliphatic rings. The van der Waals surface area contributed by atoms with Crippen molar-refractivity contribution in [2.24, 2.45) is 0 Å². The van der Waals surface area contributed by atoms with E-state index >= 15 is 0 Å². The van der Waals surface area contributed by atoms with Crippen molar-refractivity contribution in [3.63, 3.8) is 0 Å². The number of nitrogens with zero attached hydrogens (tertiary/aromatic N) is 3. The third kappa shape index (κ3) is 20.6. The molecule has 560 valence electrons. The summed E-state index contributed by atoms with van der Waals surface area (Å²) in [6.07, 6.45) is 1.93. The van der Waals surface area contributed by atoms with Crippen LogP contribution in [0.15, 0.2) is 466 Å². The van der Waals surface area contributed by atoms with Crippen LogP contribution in [0.3, 0.4) is 0 Å². The SMILES string of the molecule is Brc1cc(Br)cc(Br)c1.Brc1cc(Br)cc(N(c2ccccc2)c2ccccc2)c1.Brc1cc(N(c2ccccc2)c2ccccc2)cc(N(c2ccc(-c3ccccc3)cc2)c2ccc3c(c2)oc2ccccc23)c1.c1ccc(-c2ccc(Cc3ccc4c(c3)oc3ccccc34)cc2)cc1.c1ccc(Cc2ccccc2)cc1. The molecule has 2 heterocycles. The molecule has 0 unspecified atom stereocenters. The topological polar surface area (TPSA) is 36.0 Å². The van der Waals surface area contributed by atoms with Crippen LogP contribution in [0.2, 0.25) is 0 Å². The first-order valence-electron chi connectivity index (χ1n) is 37.6. The van der Waals surface area contributed by atoms with Gasteiger partial charge in [-0.05, 0) is 203 Å². The highest BCUT2D eigenvalue weighted by Crippen LogP contribution is 2.45. The van der Waals surface area contributed by atoms with Gasteiger partial charge in [0.05, 0.1) is 0 Å². The quantitative estimate of drug-likeness (QED) is 0.102. The van der Waals surface area contributed by atoms with Crippen LogP contribution in [0, 0.1) is 0 Å². The summed E-state index contributed by atoms with van der Waals surface area (Å²) >= 11 is 21.1. The maximum atomic E-state index is 6.35. The fraction of sp³-hybridized carbons (Fsp3) is 0.0192. The van der Waals surface area contributed by atoms with Crippen LogP contribution in [0.1, 0.15) is 22.3 Å². The van der Waals surface area contributed by atoms with E-state index in [9.17, 15) is 0 Å². The number of furan rings is 2. The summed E-state index contributed by atoms with van der Waals surface area (Å²) in [5.74, 6) is 0. The summed E-state index contributed by atoms with van der Waals surface area (Å²) in [4.78, 5) is 6.81. The zero-order chi connectivity index (χ0) is 78.7. The molecule has 17 aromatic carbocycles. The maximum absolute atomic E-state index is 6.35. The van der Waals surface area contributed by atoms with Crippen LogP contribution < -0.4 is 14.7 Å². The number of benzene rings is 17. The molecule has 0 bridgehead atoms. The molecular formula is C104H75Br6N3O2. The Morgan fingerprint density at radius 1 is 0.165 bits per heavy atom. The van der Waals surface area contributed by atoms with Crippen LogP contribution in [-0.2, 0) is 12.8 Å². The normalized spacial score (nSPS) is 10.8. The third-order valence-electron chi connectivity index (χ3n) is 19.2. The number of hydrogen-bond acceptors (Lipinski definition) is 5. The summed E-state index contributed by atoms with van der Waals surface area (Å²) in [7, 11) is 0. The van der Waals surface area contributed by atoms with Crippen LogP contribution >= 0.6 is 95.6 Å². The first-order valence-corrected chi connectivity index (χ1v) is 42.4. The zero-order valence-electron chi connectivity index (χ0n) is 62.3. The molecule has 0 atom stereocenters. The summed E-state index contributed by atoms with van der Waals surface area (Å²) in [6, 6.07) is 150. The Balaban J connectivity index is 0.000000127. The predicted molar refractivity (Wildman–Crippen MR) is 506 cm³/mol. The van der Waals surface area contributed by atoms with E-state index in [1.165, 1.54) is 55.3 Å². The molecule has 11 heteroatoms. The fourth-order valence-corrected chi connectivity index (χ4v) is 18.1. The number of fused-ring (bicyclic) bond motifs is 6. The van der Waals surface area contributed by atoms with E-state index in [2.05, 4.69) is 456 Å². The summed E-state index contributed by atoms with van der Waals surface area (Å²) in [5, 5.41) is 4.59. The smallest absolute Gasteiger partial charge is 0.137 e. The van der Waals surface area contributed by atoms with Gasteiger partial charge >= 0.3 is 0 Å². The number of hydrogen-bond donors (Lipinski definition) is 0. The molecule has 0 N–H and O–H groups in total. The Hall–Kier alpha value is -11.4. The Morgan fingerprint density at radius 2 is 0.417 bits per heavy atom. The fourth-order valence-electron chi connectivity index (χ4n) is 13.9. The average Bonchev–Trinajstić information content (AvgIpc) is 1.69. The first kappa shape index (κ1) is 78.9. The summed E-state index contributed by atoms with van der Waals surface area (Å²) < 4.78 is 18.6. The second-order valence-corrected chi connectivity index (χ2v) is 32.7. The summed E-state index contributed by atoms with van der Waals surface area (Å²) in [5.41, 5.74) is 23.5. The second-order valence-electron chi connectivity index (χ2n) is 27.2.